The number of methoxy groups -OCH3 is 1. The van der Waals surface area contributed by atoms with E-state index < -0.39 is 89.4 Å². The van der Waals surface area contributed by atoms with Gasteiger partial charge in [0.2, 0.25) is 0 Å². The predicted octanol–water partition coefficient (Wildman–Crippen LogP) is 6.43. The first kappa shape index (κ1) is 33.3. The van der Waals surface area contributed by atoms with E-state index in [0.29, 0.717) is 24.1 Å². The molecule has 2 aromatic rings. The Labute approximate surface area is 229 Å². The molecule has 2 heterocycles. The molecule has 0 aromatic carbocycles. The predicted molar refractivity (Wildman–Crippen MR) is 130 cm³/mol. The highest BCUT2D eigenvalue weighted by Gasteiger charge is 2.60. The van der Waals surface area contributed by atoms with Gasteiger partial charge in [0.15, 0.2) is 15.7 Å². The number of hydrogen-bond acceptors (Lipinski definition) is 8. The molecule has 8 nitrogen and oxygen atoms in total. The van der Waals surface area contributed by atoms with Gasteiger partial charge in [-0.3, -0.25) is 4.90 Å². The number of carbonyl (C=O) groups is 2. The quantitative estimate of drug-likeness (QED) is 0.247. The van der Waals surface area contributed by atoms with Crippen molar-refractivity contribution in [2.24, 2.45) is 0 Å². The van der Waals surface area contributed by atoms with Crippen molar-refractivity contribution < 1.29 is 58.2 Å². The van der Waals surface area contributed by atoms with E-state index in [2.05, 4.69) is 9.72 Å². The van der Waals surface area contributed by atoms with Crippen molar-refractivity contribution in [2.45, 2.75) is 69.7 Å². The Balaban J connectivity index is 2.87. The van der Waals surface area contributed by atoms with Crippen LogP contribution in [-0.4, -0.2) is 50.1 Å². The summed E-state index contributed by atoms with van der Waals surface area (Å²) in [4.78, 5) is 26.6. The molecule has 0 spiro atoms. The largest absolute Gasteiger partial charge is 0.465 e. The van der Waals surface area contributed by atoms with Crippen LogP contribution >= 0.6 is 11.3 Å². The summed E-state index contributed by atoms with van der Waals surface area (Å²) in [6.45, 7) is 4.86. The average Bonchev–Trinajstić information content (AvgIpc) is 3.24. The molecule has 0 aliphatic rings. The van der Waals surface area contributed by atoms with Gasteiger partial charge in [0.05, 0.1) is 29.8 Å². The van der Waals surface area contributed by atoms with E-state index in [-0.39, 0.29) is 17.4 Å². The van der Waals surface area contributed by atoms with Crippen LogP contribution in [0, 0.1) is 0 Å². The molecule has 0 radical (unpaired) electrons. The molecule has 0 fully saturated rings. The zero-order valence-corrected chi connectivity index (χ0v) is 23.6. The third-order valence-electron chi connectivity index (χ3n) is 5.11. The van der Waals surface area contributed by atoms with Gasteiger partial charge in [-0.2, -0.15) is 22.0 Å². The number of esters is 1. The molecule has 0 N–H and O–H groups in total. The molecular formula is C23H25F7N2O6S2. The molecule has 0 atom stereocenters. The fourth-order valence-electron chi connectivity index (χ4n) is 3.07. The van der Waals surface area contributed by atoms with Crippen molar-refractivity contribution in [3.05, 3.63) is 39.2 Å². The van der Waals surface area contributed by atoms with Crippen LogP contribution in [0.4, 0.5) is 41.3 Å². The second-order valence-electron chi connectivity index (χ2n) is 9.42. The summed E-state index contributed by atoms with van der Waals surface area (Å²) in [5.41, 5.74) is -2.87. The number of halogens is 7. The molecule has 0 unspecified atom stereocenters. The van der Waals surface area contributed by atoms with Crippen LogP contribution in [-0.2, 0) is 37.7 Å². The minimum absolute atomic E-state index is 0.196. The van der Waals surface area contributed by atoms with Gasteiger partial charge in [-0.15, -0.1) is 11.3 Å². The molecule has 0 saturated carbocycles. The highest BCUT2D eigenvalue weighted by Crippen LogP contribution is 2.47. The maximum Gasteiger partial charge on any atom is 0.458 e. The number of sulfone groups is 1. The van der Waals surface area contributed by atoms with Gasteiger partial charge in [-0.1, -0.05) is 6.92 Å². The van der Waals surface area contributed by atoms with Crippen molar-refractivity contribution in [3.8, 4) is 0 Å². The number of hydrogen-bond donors (Lipinski definition) is 0. The fourth-order valence-corrected chi connectivity index (χ4v) is 5.26. The van der Waals surface area contributed by atoms with Gasteiger partial charge >= 0.3 is 24.2 Å². The summed E-state index contributed by atoms with van der Waals surface area (Å²) < 4.78 is 131. The Morgan fingerprint density at radius 1 is 1.02 bits per heavy atom. The number of alkyl halides is 7. The minimum Gasteiger partial charge on any atom is -0.465 e. The zero-order valence-electron chi connectivity index (χ0n) is 22.0. The lowest BCUT2D eigenvalue weighted by Crippen LogP contribution is -2.38. The Morgan fingerprint density at radius 2 is 1.60 bits per heavy atom. The zero-order chi connectivity index (χ0) is 31.1. The van der Waals surface area contributed by atoms with Crippen LogP contribution in [0.5, 0.6) is 0 Å². The highest BCUT2D eigenvalue weighted by atomic mass is 32.2. The molecule has 17 heteroatoms. The molecule has 224 valence electrons. The Kier molecular flexibility index (Phi) is 9.26. The number of aromatic nitrogens is 1. The summed E-state index contributed by atoms with van der Waals surface area (Å²) in [5.74, 6) is -11.7. The average molecular weight is 623 g/mol. The number of ether oxygens (including phenoxy) is 2. The van der Waals surface area contributed by atoms with E-state index in [1.54, 1.807) is 0 Å². The van der Waals surface area contributed by atoms with E-state index in [4.69, 9.17) is 4.74 Å². The topological polar surface area (TPSA) is 103 Å². The third kappa shape index (κ3) is 7.21. The maximum atomic E-state index is 14.2. The van der Waals surface area contributed by atoms with E-state index in [1.807, 2.05) is 0 Å². The Hall–Kier alpha value is -2.95. The van der Waals surface area contributed by atoms with Crippen molar-refractivity contribution in [3.63, 3.8) is 0 Å². The molecule has 1 amide bonds. The van der Waals surface area contributed by atoms with Crippen molar-refractivity contribution in [1.82, 2.24) is 4.98 Å². The van der Waals surface area contributed by atoms with Crippen LogP contribution in [0.3, 0.4) is 0 Å². The van der Waals surface area contributed by atoms with Gasteiger partial charge in [0.1, 0.15) is 10.5 Å². The van der Waals surface area contributed by atoms with E-state index in [0.717, 1.165) is 7.11 Å². The molecule has 0 aliphatic carbocycles. The van der Waals surface area contributed by atoms with Gasteiger partial charge in [0, 0.05) is 23.6 Å². The fraction of sp³-hybridized carbons (Fsp3) is 0.522. The molecule has 40 heavy (non-hydrogen) atoms. The number of amides is 1. The van der Waals surface area contributed by atoms with Crippen molar-refractivity contribution >= 4 is 39.1 Å². The van der Waals surface area contributed by atoms with Crippen LogP contribution in [0.15, 0.2) is 23.2 Å². The summed E-state index contributed by atoms with van der Waals surface area (Å²) in [6, 6.07) is 0.807. The summed E-state index contributed by atoms with van der Waals surface area (Å²) >= 11 is -0.196. The van der Waals surface area contributed by atoms with E-state index >= 15 is 0 Å². The van der Waals surface area contributed by atoms with Gasteiger partial charge in [-0.05, 0) is 32.9 Å². The monoisotopic (exact) mass is 622 g/mol. The normalized spacial score (nSPS) is 13.2. The smallest absolute Gasteiger partial charge is 0.458 e. The maximum absolute atomic E-state index is 14.2. The number of nitrogens with zero attached hydrogens (tertiary/aromatic N) is 2. The van der Waals surface area contributed by atoms with Gasteiger partial charge in [0.25, 0.3) is 5.92 Å². The first-order valence-electron chi connectivity index (χ1n) is 11.2. The number of thiophene rings is 1. The molecule has 2 rings (SSSR count). The van der Waals surface area contributed by atoms with Crippen LogP contribution < -0.4 is 4.90 Å². The Morgan fingerprint density at radius 3 is 2.05 bits per heavy atom. The lowest BCUT2D eigenvalue weighted by atomic mass is 10.1. The number of rotatable bonds is 8. The Bertz CT molecular complexity index is 1380. The first-order valence-corrected chi connectivity index (χ1v) is 13.7. The summed E-state index contributed by atoms with van der Waals surface area (Å²) in [6.07, 6.45) is -6.84. The standard InChI is InChI=1S/C23H25F7N2O6S2/c1-7-40(35,36)15-8-12(21(5,24)25)10-31-17(15)32(19(34)38-20(2,3)4)11-14-13(18(33)37-6)9-16(39-14)22(26,27)23(28,29)30/h8-10H,7,11H2,1-6H3. The molecule has 0 aliphatic heterocycles. The number of anilines is 1. The van der Waals surface area contributed by atoms with Gasteiger partial charge in [-0.25, -0.2) is 31.8 Å². The van der Waals surface area contributed by atoms with Crippen molar-refractivity contribution in [2.75, 3.05) is 17.8 Å². The van der Waals surface area contributed by atoms with Gasteiger partial charge < -0.3 is 9.47 Å². The van der Waals surface area contributed by atoms with Crippen LogP contribution in [0.2, 0.25) is 0 Å². The lowest BCUT2D eigenvalue weighted by molar-refractivity contribution is -0.287. The highest BCUT2D eigenvalue weighted by molar-refractivity contribution is 7.91. The van der Waals surface area contributed by atoms with E-state index in [9.17, 15) is 48.7 Å². The summed E-state index contributed by atoms with van der Waals surface area (Å²) in [5, 5.41) is 0. The molecule has 0 saturated heterocycles. The van der Waals surface area contributed by atoms with Crippen LogP contribution in [0.1, 0.15) is 60.3 Å². The number of pyridine rings is 1. The first-order chi connectivity index (χ1) is 18.0. The van der Waals surface area contributed by atoms with E-state index in [1.165, 1.54) is 27.7 Å². The number of carbonyl (C=O) groups excluding carboxylic acids is 2. The van der Waals surface area contributed by atoms with Crippen molar-refractivity contribution in [1.29, 1.82) is 0 Å². The lowest BCUT2D eigenvalue weighted by Gasteiger charge is -2.28. The second-order valence-corrected chi connectivity index (χ2v) is 12.8. The molecular weight excluding hydrogens is 597 g/mol. The minimum atomic E-state index is -6.04. The SMILES string of the molecule is CCS(=O)(=O)c1cc(C(C)(F)F)cnc1N(Cc1sc(C(F)(F)C(F)(F)F)cc1C(=O)OC)C(=O)OC(C)(C)C. The van der Waals surface area contributed by atoms with Crippen LogP contribution in [0.25, 0.3) is 0 Å². The molecule has 0 bridgehead atoms. The third-order valence-corrected chi connectivity index (χ3v) is 8.03. The second kappa shape index (κ2) is 11.1. The summed E-state index contributed by atoms with van der Waals surface area (Å²) in [7, 11) is -3.57. The molecule has 2 aromatic heterocycles.